The molecule has 0 bridgehead atoms. The predicted octanol–water partition coefficient (Wildman–Crippen LogP) is 6.35. The van der Waals surface area contributed by atoms with Crippen LogP contribution in [0, 0.1) is 5.92 Å². The Morgan fingerprint density at radius 1 is 1.06 bits per heavy atom. The molecule has 194 valence electrons. The minimum atomic E-state index is -2.09. The summed E-state index contributed by atoms with van der Waals surface area (Å²) in [6.45, 7) is 19.0. The molecule has 2 rings (SSSR count). The van der Waals surface area contributed by atoms with Crippen LogP contribution in [0.2, 0.25) is 18.1 Å². The summed E-state index contributed by atoms with van der Waals surface area (Å²) < 4.78 is 7.02. The molecule has 1 aliphatic rings. The van der Waals surface area contributed by atoms with Crippen LogP contribution >= 0.6 is 0 Å². The van der Waals surface area contributed by atoms with Gasteiger partial charge in [-0.3, -0.25) is 9.63 Å². The summed E-state index contributed by atoms with van der Waals surface area (Å²) >= 11 is 0. The molecule has 1 amide bonds. The van der Waals surface area contributed by atoms with Gasteiger partial charge in [-0.15, -0.1) is 0 Å². The second-order valence-corrected chi connectivity index (χ2v) is 17.3. The Bertz CT molecular complexity index is 721. The van der Waals surface area contributed by atoms with Gasteiger partial charge in [0, 0.05) is 6.54 Å². The van der Waals surface area contributed by atoms with E-state index in [9.17, 15) is 4.79 Å². The van der Waals surface area contributed by atoms with Crippen LogP contribution < -0.4 is 5.32 Å². The van der Waals surface area contributed by atoms with Crippen LogP contribution in [-0.4, -0.2) is 50.6 Å². The molecule has 0 aromatic heterocycles. The number of hydrogen-bond donors (Lipinski definition) is 1. The summed E-state index contributed by atoms with van der Waals surface area (Å²) in [4.78, 5) is 18.5. The first-order valence-electron chi connectivity index (χ1n) is 13.2. The predicted molar refractivity (Wildman–Crippen MR) is 144 cm³/mol. The Morgan fingerprint density at radius 3 is 2.21 bits per heavy atom. The molecule has 1 N–H and O–H groups in total. The summed E-state index contributed by atoms with van der Waals surface area (Å²) in [5.41, 5.74) is 0.695. The Balaban J connectivity index is 2.32. The topological polar surface area (TPSA) is 50.8 Å². The zero-order chi connectivity index (χ0) is 25.4. The van der Waals surface area contributed by atoms with E-state index >= 15 is 0 Å². The monoisotopic (exact) mass is 490 g/mol. The van der Waals surface area contributed by atoms with Crippen molar-refractivity contribution in [2.75, 3.05) is 13.1 Å². The fourth-order valence-corrected chi connectivity index (χ4v) is 5.71. The molecule has 1 aliphatic carbocycles. The van der Waals surface area contributed by atoms with E-state index in [1.165, 1.54) is 42.7 Å². The lowest BCUT2D eigenvalue weighted by atomic mass is 9.89. The number of benzene rings is 1. The van der Waals surface area contributed by atoms with Crippen LogP contribution in [0.3, 0.4) is 0 Å². The molecule has 6 heteroatoms. The zero-order valence-corrected chi connectivity index (χ0v) is 24.0. The number of carbonyl (C=O) groups is 1. The molecular formula is C28H50N2O3Si. The summed E-state index contributed by atoms with van der Waals surface area (Å²) in [6.07, 6.45) is 8.00. The fraction of sp³-hybridized carbons (Fsp3) is 0.750. The molecule has 5 nitrogen and oxygen atoms in total. The number of amides is 1. The molecule has 34 heavy (non-hydrogen) atoms. The van der Waals surface area contributed by atoms with Gasteiger partial charge in [0.2, 0.25) is 6.41 Å². The van der Waals surface area contributed by atoms with Gasteiger partial charge >= 0.3 is 0 Å². The number of rotatable bonds is 12. The van der Waals surface area contributed by atoms with Crippen molar-refractivity contribution in [3.05, 3.63) is 35.9 Å². The maximum Gasteiger partial charge on any atom is 0.233 e. The molecule has 0 heterocycles. The van der Waals surface area contributed by atoms with Crippen LogP contribution in [0.25, 0.3) is 0 Å². The van der Waals surface area contributed by atoms with E-state index in [2.05, 4.69) is 51.3 Å². The lowest BCUT2D eigenvalue weighted by Gasteiger charge is -2.44. The highest BCUT2D eigenvalue weighted by molar-refractivity contribution is 6.74. The Hall–Kier alpha value is -1.21. The van der Waals surface area contributed by atoms with E-state index in [-0.39, 0.29) is 17.2 Å². The van der Waals surface area contributed by atoms with Gasteiger partial charge in [0.15, 0.2) is 8.32 Å². The maximum absolute atomic E-state index is 12.3. The Kier molecular flexibility index (Phi) is 10.8. The average molecular weight is 491 g/mol. The van der Waals surface area contributed by atoms with Crippen molar-refractivity contribution in [3.8, 4) is 0 Å². The van der Waals surface area contributed by atoms with Gasteiger partial charge in [0.25, 0.3) is 0 Å². The SMILES string of the molecule is CC(C)(C)ON(C=O)C(Cc1ccccc1)C(CNCC1CCCCC1)O[Si](C)(C)C(C)(C)C. The van der Waals surface area contributed by atoms with Crippen molar-refractivity contribution in [2.45, 2.75) is 116 Å². The molecule has 0 spiro atoms. The van der Waals surface area contributed by atoms with Gasteiger partial charge in [0.1, 0.15) is 0 Å². The van der Waals surface area contributed by atoms with Crippen LogP contribution in [-0.2, 0) is 20.5 Å². The third kappa shape index (κ3) is 9.44. The van der Waals surface area contributed by atoms with Gasteiger partial charge in [-0.1, -0.05) is 70.4 Å². The van der Waals surface area contributed by atoms with Gasteiger partial charge in [-0.2, -0.15) is 0 Å². The van der Waals surface area contributed by atoms with E-state index in [1.54, 1.807) is 0 Å². The second-order valence-electron chi connectivity index (χ2n) is 12.5. The van der Waals surface area contributed by atoms with Crippen molar-refractivity contribution in [2.24, 2.45) is 5.92 Å². The summed E-state index contributed by atoms with van der Waals surface area (Å²) in [6, 6.07) is 10.1. The highest BCUT2D eigenvalue weighted by Gasteiger charge is 2.42. The molecule has 1 aromatic carbocycles. The molecule has 2 atom stereocenters. The third-order valence-electron chi connectivity index (χ3n) is 7.28. The van der Waals surface area contributed by atoms with E-state index in [0.29, 0.717) is 13.0 Å². The average Bonchev–Trinajstić information content (AvgIpc) is 2.75. The van der Waals surface area contributed by atoms with Gasteiger partial charge < -0.3 is 9.74 Å². The van der Waals surface area contributed by atoms with E-state index < -0.39 is 13.9 Å². The minimum Gasteiger partial charge on any atom is -0.410 e. The van der Waals surface area contributed by atoms with Crippen LogP contribution in [0.4, 0.5) is 0 Å². The normalized spacial score (nSPS) is 17.9. The number of carbonyl (C=O) groups excluding carboxylic acids is 1. The second kappa shape index (κ2) is 12.7. The van der Waals surface area contributed by atoms with E-state index in [4.69, 9.17) is 9.26 Å². The Labute approximate surface area is 210 Å². The highest BCUT2D eigenvalue weighted by atomic mass is 28.4. The molecule has 1 fully saturated rings. The van der Waals surface area contributed by atoms with Crippen molar-refractivity contribution < 1.29 is 14.1 Å². The first-order valence-corrected chi connectivity index (χ1v) is 16.1. The molecule has 1 aromatic rings. The summed E-state index contributed by atoms with van der Waals surface area (Å²) in [5, 5.41) is 5.33. The maximum atomic E-state index is 12.3. The van der Waals surface area contributed by atoms with Crippen LogP contribution in [0.5, 0.6) is 0 Å². The van der Waals surface area contributed by atoms with Crippen molar-refractivity contribution in [3.63, 3.8) is 0 Å². The minimum absolute atomic E-state index is 0.0722. The Morgan fingerprint density at radius 2 is 1.68 bits per heavy atom. The molecule has 0 saturated heterocycles. The smallest absolute Gasteiger partial charge is 0.233 e. The lowest BCUT2D eigenvalue weighted by molar-refractivity contribution is -0.241. The van der Waals surface area contributed by atoms with E-state index in [0.717, 1.165) is 18.9 Å². The van der Waals surface area contributed by atoms with Gasteiger partial charge in [-0.05, 0) is 76.2 Å². The summed E-state index contributed by atoms with van der Waals surface area (Å²) in [7, 11) is -2.09. The molecule has 0 radical (unpaired) electrons. The number of hydrogen-bond acceptors (Lipinski definition) is 4. The van der Waals surface area contributed by atoms with Crippen LogP contribution in [0.15, 0.2) is 30.3 Å². The fourth-order valence-electron chi connectivity index (χ4n) is 4.36. The lowest BCUT2D eigenvalue weighted by Crippen LogP contribution is -2.56. The highest BCUT2D eigenvalue weighted by Crippen LogP contribution is 2.38. The molecular weight excluding hydrogens is 440 g/mol. The number of hydroxylamine groups is 2. The number of nitrogens with one attached hydrogen (secondary N) is 1. The van der Waals surface area contributed by atoms with Gasteiger partial charge in [-0.25, -0.2) is 5.06 Å². The van der Waals surface area contributed by atoms with Crippen molar-refractivity contribution in [1.82, 2.24) is 10.4 Å². The van der Waals surface area contributed by atoms with Crippen molar-refractivity contribution >= 4 is 14.7 Å². The van der Waals surface area contributed by atoms with Crippen molar-refractivity contribution in [1.29, 1.82) is 0 Å². The molecule has 1 saturated carbocycles. The zero-order valence-electron chi connectivity index (χ0n) is 23.0. The molecule has 0 aliphatic heterocycles. The largest absolute Gasteiger partial charge is 0.410 e. The first-order chi connectivity index (χ1) is 15.8. The van der Waals surface area contributed by atoms with Gasteiger partial charge in [0.05, 0.1) is 17.7 Å². The van der Waals surface area contributed by atoms with Crippen LogP contribution in [0.1, 0.15) is 79.2 Å². The van der Waals surface area contributed by atoms with E-state index in [1.807, 2.05) is 39.0 Å². The number of nitrogens with zero attached hydrogens (tertiary/aromatic N) is 1. The first kappa shape index (κ1) is 29.0. The summed E-state index contributed by atoms with van der Waals surface area (Å²) in [5.74, 6) is 0.739. The quantitative estimate of drug-likeness (QED) is 0.211. The third-order valence-corrected chi connectivity index (χ3v) is 11.8. The molecule has 2 unspecified atom stereocenters. The standard InChI is InChI=1S/C28H50N2O3Si/c1-27(2,3)33-30(22-31)25(19-23-15-11-9-12-16-23)26(32-34(7,8)28(4,5)6)21-29-20-24-17-13-10-14-18-24/h9,11-12,15-16,22,24-26,29H,10,13-14,17-21H2,1-8H3.